The van der Waals surface area contributed by atoms with E-state index in [1.54, 1.807) is 19.1 Å². The summed E-state index contributed by atoms with van der Waals surface area (Å²) in [5, 5.41) is 9.22. The van der Waals surface area contributed by atoms with Crippen LogP contribution in [0.2, 0.25) is 0 Å². The van der Waals surface area contributed by atoms with Crippen molar-refractivity contribution in [2.45, 2.75) is 38.5 Å². The Morgan fingerprint density at radius 3 is 2.71 bits per heavy atom. The molecule has 1 aromatic carbocycles. The fraction of sp³-hybridized carbons (Fsp3) is 0.500. The quantitative estimate of drug-likeness (QED) is 0.853. The van der Waals surface area contributed by atoms with Crippen LogP contribution in [-0.4, -0.2) is 11.1 Å². The van der Waals surface area contributed by atoms with Crippen molar-refractivity contribution in [2.24, 2.45) is 5.92 Å². The number of hydrogen-bond donors (Lipinski definition) is 1. The molecule has 2 nitrogen and oxygen atoms in total. The van der Waals surface area contributed by atoms with Gasteiger partial charge in [-0.3, -0.25) is 4.79 Å². The fourth-order valence-corrected chi connectivity index (χ4v) is 2.72. The lowest BCUT2D eigenvalue weighted by atomic mass is 9.75. The molecule has 0 spiro atoms. The van der Waals surface area contributed by atoms with Crippen molar-refractivity contribution in [1.29, 1.82) is 0 Å². The first-order valence-corrected chi connectivity index (χ1v) is 6.08. The van der Waals surface area contributed by atoms with Gasteiger partial charge in [-0.25, -0.2) is 4.39 Å². The van der Waals surface area contributed by atoms with Crippen molar-refractivity contribution >= 4 is 5.97 Å². The summed E-state index contributed by atoms with van der Waals surface area (Å²) in [6.07, 6.45) is 3.66. The summed E-state index contributed by atoms with van der Waals surface area (Å²) < 4.78 is 13.2. The molecule has 0 bridgehead atoms. The molecule has 2 unspecified atom stereocenters. The highest BCUT2D eigenvalue weighted by Gasteiger charge is 2.31. The van der Waals surface area contributed by atoms with Gasteiger partial charge in [-0.1, -0.05) is 25.0 Å². The number of aliphatic carboxylic acids is 1. The molecule has 1 aromatic rings. The molecule has 17 heavy (non-hydrogen) atoms. The Labute approximate surface area is 100 Å². The van der Waals surface area contributed by atoms with E-state index in [0.29, 0.717) is 5.56 Å². The number of carboxylic acid groups (broad SMARTS) is 1. The Morgan fingerprint density at radius 1 is 1.35 bits per heavy atom. The van der Waals surface area contributed by atoms with Gasteiger partial charge < -0.3 is 5.11 Å². The van der Waals surface area contributed by atoms with E-state index < -0.39 is 5.97 Å². The van der Waals surface area contributed by atoms with Gasteiger partial charge >= 0.3 is 5.97 Å². The molecule has 0 saturated heterocycles. The lowest BCUT2D eigenvalue weighted by Crippen LogP contribution is -2.25. The molecule has 1 fully saturated rings. The molecule has 2 rings (SSSR count). The zero-order valence-corrected chi connectivity index (χ0v) is 9.95. The third-order valence-corrected chi connectivity index (χ3v) is 3.69. The molecule has 1 saturated carbocycles. The molecule has 0 radical (unpaired) electrons. The van der Waals surface area contributed by atoms with E-state index in [1.165, 1.54) is 6.07 Å². The van der Waals surface area contributed by atoms with Crippen LogP contribution in [-0.2, 0) is 4.79 Å². The second-order valence-electron chi connectivity index (χ2n) is 4.84. The zero-order valence-electron chi connectivity index (χ0n) is 9.95. The first kappa shape index (κ1) is 12.1. The summed E-state index contributed by atoms with van der Waals surface area (Å²) in [5.74, 6) is -1.22. The minimum absolute atomic E-state index is 0.0422. The molecule has 0 amide bonds. The summed E-state index contributed by atoms with van der Waals surface area (Å²) in [6.45, 7) is 1.72. The minimum Gasteiger partial charge on any atom is -0.481 e. The minimum atomic E-state index is -0.725. The average molecular weight is 236 g/mol. The summed E-state index contributed by atoms with van der Waals surface area (Å²) in [6, 6.07) is 4.97. The Hall–Kier alpha value is -1.38. The number of benzene rings is 1. The highest BCUT2D eigenvalue weighted by atomic mass is 19.1. The van der Waals surface area contributed by atoms with Crippen molar-refractivity contribution < 1.29 is 14.3 Å². The molecular formula is C14H17FO2. The third-order valence-electron chi connectivity index (χ3n) is 3.69. The fourth-order valence-electron chi connectivity index (χ4n) is 2.72. The van der Waals surface area contributed by atoms with E-state index in [0.717, 1.165) is 31.2 Å². The van der Waals surface area contributed by atoms with Gasteiger partial charge in [0.05, 0.1) is 5.92 Å². The Balaban J connectivity index is 2.29. The van der Waals surface area contributed by atoms with Gasteiger partial charge in [0.25, 0.3) is 0 Å². The van der Waals surface area contributed by atoms with Crippen LogP contribution in [0.5, 0.6) is 0 Å². The summed E-state index contributed by atoms with van der Waals surface area (Å²) in [7, 11) is 0. The zero-order chi connectivity index (χ0) is 12.4. The van der Waals surface area contributed by atoms with Crippen LogP contribution >= 0.6 is 0 Å². The number of rotatable bonds is 2. The van der Waals surface area contributed by atoms with Crippen molar-refractivity contribution in [3.63, 3.8) is 0 Å². The molecule has 0 aliphatic heterocycles. The maximum atomic E-state index is 13.2. The molecule has 1 N–H and O–H groups in total. The van der Waals surface area contributed by atoms with E-state index in [9.17, 15) is 14.3 Å². The maximum Gasteiger partial charge on any atom is 0.307 e. The second-order valence-corrected chi connectivity index (χ2v) is 4.84. The van der Waals surface area contributed by atoms with Crippen LogP contribution in [0.3, 0.4) is 0 Å². The van der Waals surface area contributed by atoms with Crippen molar-refractivity contribution in [1.82, 2.24) is 0 Å². The van der Waals surface area contributed by atoms with E-state index in [4.69, 9.17) is 0 Å². The van der Waals surface area contributed by atoms with Crippen LogP contribution in [0.15, 0.2) is 18.2 Å². The van der Waals surface area contributed by atoms with Crippen LogP contribution in [0.4, 0.5) is 4.39 Å². The highest BCUT2D eigenvalue weighted by molar-refractivity contribution is 5.71. The van der Waals surface area contributed by atoms with Gasteiger partial charge in [-0.05, 0) is 42.9 Å². The smallest absolute Gasteiger partial charge is 0.307 e. The van der Waals surface area contributed by atoms with E-state index in [2.05, 4.69) is 0 Å². The average Bonchev–Trinajstić information content (AvgIpc) is 2.32. The number of halogens is 1. The van der Waals surface area contributed by atoms with Crippen LogP contribution in [0, 0.1) is 18.7 Å². The molecule has 0 heterocycles. The molecule has 1 aliphatic rings. The topological polar surface area (TPSA) is 37.3 Å². The summed E-state index contributed by atoms with van der Waals surface area (Å²) in [5.41, 5.74) is 1.56. The standard InChI is InChI=1S/C14H17FO2/c1-9-8-10(6-7-13(9)15)11-4-2-3-5-12(11)14(16)17/h6-8,11-12H,2-5H2,1H3,(H,16,17). The largest absolute Gasteiger partial charge is 0.481 e. The summed E-state index contributed by atoms with van der Waals surface area (Å²) >= 11 is 0. The predicted molar refractivity (Wildman–Crippen MR) is 63.5 cm³/mol. The molecule has 3 heteroatoms. The maximum absolute atomic E-state index is 13.2. The van der Waals surface area contributed by atoms with Gasteiger partial charge in [0.2, 0.25) is 0 Å². The van der Waals surface area contributed by atoms with Gasteiger partial charge in [0.15, 0.2) is 0 Å². The number of aryl methyl sites for hydroxylation is 1. The molecule has 92 valence electrons. The van der Waals surface area contributed by atoms with E-state index >= 15 is 0 Å². The number of hydrogen-bond acceptors (Lipinski definition) is 1. The third kappa shape index (κ3) is 2.48. The lowest BCUT2D eigenvalue weighted by molar-refractivity contribution is -0.143. The Kier molecular flexibility index (Phi) is 3.46. The van der Waals surface area contributed by atoms with Crippen LogP contribution < -0.4 is 0 Å². The Morgan fingerprint density at radius 2 is 2.06 bits per heavy atom. The number of carboxylic acids is 1. The lowest BCUT2D eigenvalue weighted by Gasteiger charge is -2.29. The van der Waals surface area contributed by atoms with E-state index in [1.807, 2.05) is 0 Å². The molecule has 1 aliphatic carbocycles. The SMILES string of the molecule is Cc1cc(C2CCCCC2C(=O)O)ccc1F. The van der Waals surface area contributed by atoms with Gasteiger partial charge in [-0.15, -0.1) is 0 Å². The van der Waals surface area contributed by atoms with Gasteiger partial charge in [0.1, 0.15) is 5.82 Å². The highest BCUT2D eigenvalue weighted by Crippen LogP contribution is 2.38. The normalized spacial score (nSPS) is 24.6. The molecule has 2 atom stereocenters. The first-order valence-electron chi connectivity index (χ1n) is 6.08. The van der Waals surface area contributed by atoms with E-state index in [-0.39, 0.29) is 17.7 Å². The molecule has 0 aromatic heterocycles. The van der Waals surface area contributed by atoms with Crippen molar-refractivity contribution in [2.75, 3.05) is 0 Å². The second kappa shape index (κ2) is 4.86. The van der Waals surface area contributed by atoms with Gasteiger partial charge in [0, 0.05) is 0 Å². The number of carbonyl (C=O) groups is 1. The Bertz CT molecular complexity index is 428. The predicted octanol–water partition coefficient (Wildman–Crippen LogP) is 3.49. The van der Waals surface area contributed by atoms with Crippen LogP contribution in [0.1, 0.15) is 42.7 Å². The van der Waals surface area contributed by atoms with Crippen molar-refractivity contribution in [3.05, 3.63) is 35.1 Å². The van der Waals surface area contributed by atoms with Crippen molar-refractivity contribution in [3.8, 4) is 0 Å². The van der Waals surface area contributed by atoms with Gasteiger partial charge in [-0.2, -0.15) is 0 Å². The van der Waals surface area contributed by atoms with Crippen LogP contribution in [0.25, 0.3) is 0 Å². The monoisotopic (exact) mass is 236 g/mol. The summed E-state index contributed by atoms with van der Waals surface area (Å²) in [4.78, 5) is 11.2. The first-order chi connectivity index (χ1) is 8.09. The molecular weight excluding hydrogens is 219 g/mol.